The van der Waals surface area contributed by atoms with Crippen molar-refractivity contribution in [3.8, 4) is 17.2 Å². The second kappa shape index (κ2) is 9.29. The van der Waals surface area contributed by atoms with Gasteiger partial charge in [-0.05, 0) is 74.3 Å². The first-order valence-corrected chi connectivity index (χ1v) is 13.2. The van der Waals surface area contributed by atoms with Crippen molar-refractivity contribution in [2.45, 2.75) is 44.2 Å². The van der Waals surface area contributed by atoms with E-state index in [-0.39, 0.29) is 24.9 Å². The van der Waals surface area contributed by atoms with E-state index < -0.39 is 0 Å². The molecule has 7 heteroatoms. The van der Waals surface area contributed by atoms with Crippen LogP contribution in [0.3, 0.4) is 0 Å². The molecular formula is C29H37N3O4. The Bertz CT molecular complexity index is 1260. The van der Waals surface area contributed by atoms with Gasteiger partial charge in [0.2, 0.25) is 6.79 Å². The third-order valence-electron chi connectivity index (χ3n) is 8.59. The summed E-state index contributed by atoms with van der Waals surface area (Å²) in [6.45, 7) is 7.70. The zero-order valence-electron chi connectivity index (χ0n) is 21.6. The van der Waals surface area contributed by atoms with E-state index in [4.69, 9.17) is 14.2 Å². The Labute approximate surface area is 213 Å². The van der Waals surface area contributed by atoms with Crippen LogP contribution in [-0.2, 0) is 19.0 Å². The van der Waals surface area contributed by atoms with Crippen molar-refractivity contribution < 1.29 is 19.3 Å². The van der Waals surface area contributed by atoms with E-state index in [0.717, 1.165) is 62.8 Å². The summed E-state index contributed by atoms with van der Waals surface area (Å²) >= 11 is 0. The molecule has 0 radical (unpaired) electrons. The normalized spacial score (nSPS) is 21.3. The summed E-state index contributed by atoms with van der Waals surface area (Å²) in [7, 11) is 3.87. The molecule has 1 atom stereocenters. The van der Waals surface area contributed by atoms with Crippen LogP contribution in [0.5, 0.6) is 17.2 Å². The van der Waals surface area contributed by atoms with Gasteiger partial charge in [0, 0.05) is 42.7 Å². The lowest BCUT2D eigenvalue weighted by atomic mass is 9.68. The number of ether oxygens (including phenoxy) is 3. The van der Waals surface area contributed by atoms with Gasteiger partial charge in [0.1, 0.15) is 5.75 Å². The molecule has 0 unspecified atom stereocenters. The lowest BCUT2D eigenvalue weighted by Gasteiger charge is -2.50. The van der Waals surface area contributed by atoms with Gasteiger partial charge in [0.25, 0.3) is 0 Å². The van der Waals surface area contributed by atoms with Crippen molar-refractivity contribution >= 4 is 10.9 Å². The number of aromatic nitrogens is 1. The van der Waals surface area contributed by atoms with E-state index in [1.54, 1.807) is 7.11 Å². The number of aliphatic hydroxyl groups excluding tert-OH is 1. The Hall–Kier alpha value is -2.74. The summed E-state index contributed by atoms with van der Waals surface area (Å²) in [5.41, 5.74) is 5.10. The highest BCUT2D eigenvalue weighted by Gasteiger charge is 2.48. The molecule has 0 amide bonds. The number of benzene rings is 2. The molecule has 2 aromatic carbocycles. The zero-order chi connectivity index (χ0) is 24.9. The summed E-state index contributed by atoms with van der Waals surface area (Å²) in [6, 6.07) is 12.6. The second-order valence-corrected chi connectivity index (χ2v) is 10.6. The molecule has 3 aliphatic rings. The van der Waals surface area contributed by atoms with E-state index >= 15 is 0 Å². The van der Waals surface area contributed by atoms with Gasteiger partial charge in [-0.1, -0.05) is 13.0 Å². The molecule has 3 aliphatic heterocycles. The topological polar surface area (TPSA) is 59.3 Å². The Kier molecular flexibility index (Phi) is 6.10. The van der Waals surface area contributed by atoms with Crippen LogP contribution in [0.1, 0.15) is 49.0 Å². The van der Waals surface area contributed by atoms with E-state index in [2.05, 4.69) is 58.7 Å². The van der Waals surface area contributed by atoms with Gasteiger partial charge in [-0.3, -0.25) is 4.90 Å². The maximum absolute atomic E-state index is 10.8. The first-order valence-electron chi connectivity index (χ1n) is 13.2. The average Bonchev–Trinajstić information content (AvgIpc) is 3.48. The fraction of sp³-hybridized carbons (Fsp3) is 0.517. The monoisotopic (exact) mass is 491 g/mol. The van der Waals surface area contributed by atoms with Crippen LogP contribution < -0.4 is 14.2 Å². The number of hydrogen-bond donors (Lipinski definition) is 1. The fourth-order valence-electron chi connectivity index (χ4n) is 6.83. The predicted octanol–water partition coefficient (Wildman–Crippen LogP) is 4.21. The molecule has 1 fully saturated rings. The number of methoxy groups -OCH3 is 1. The van der Waals surface area contributed by atoms with Gasteiger partial charge in [0.15, 0.2) is 11.5 Å². The fourth-order valence-corrected chi connectivity index (χ4v) is 6.83. The maximum atomic E-state index is 10.8. The van der Waals surface area contributed by atoms with E-state index in [0.29, 0.717) is 0 Å². The van der Waals surface area contributed by atoms with Gasteiger partial charge in [-0.15, -0.1) is 0 Å². The molecule has 192 valence electrons. The molecule has 1 saturated heterocycles. The Morgan fingerprint density at radius 3 is 2.64 bits per heavy atom. The highest BCUT2D eigenvalue weighted by molar-refractivity contribution is 5.88. The third kappa shape index (κ3) is 3.76. The number of aryl methyl sites for hydroxylation is 1. The van der Waals surface area contributed by atoms with E-state index in [1.807, 2.05) is 6.07 Å². The van der Waals surface area contributed by atoms with Crippen molar-refractivity contribution in [2.75, 3.05) is 46.7 Å². The summed E-state index contributed by atoms with van der Waals surface area (Å²) < 4.78 is 19.1. The third-order valence-corrected chi connectivity index (χ3v) is 8.59. The summed E-state index contributed by atoms with van der Waals surface area (Å²) in [6.07, 6.45) is 3.44. The smallest absolute Gasteiger partial charge is 0.231 e. The van der Waals surface area contributed by atoms with Crippen LogP contribution in [0, 0.1) is 0 Å². The molecule has 36 heavy (non-hydrogen) atoms. The Morgan fingerprint density at radius 1 is 1.08 bits per heavy atom. The van der Waals surface area contributed by atoms with Crippen molar-refractivity contribution in [1.29, 1.82) is 0 Å². The molecule has 1 N–H and O–H groups in total. The van der Waals surface area contributed by atoms with E-state index in [9.17, 15) is 5.11 Å². The van der Waals surface area contributed by atoms with Gasteiger partial charge in [-0.25, -0.2) is 0 Å². The Morgan fingerprint density at radius 2 is 1.89 bits per heavy atom. The molecule has 7 nitrogen and oxygen atoms in total. The number of nitrogens with zero attached hydrogens (tertiary/aromatic N) is 3. The van der Waals surface area contributed by atoms with Crippen LogP contribution in [0.15, 0.2) is 36.4 Å². The minimum absolute atomic E-state index is 0.0513. The van der Waals surface area contributed by atoms with Gasteiger partial charge < -0.3 is 28.8 Å². The predicted molar refractivity (Wildman–Crippen MR) is 140 cm³/mol. The molecule has 3 aromatic rings. The number of aliphatic hydroxyl groups is 1. The molecule has 1 spiro atoms. The summed E-state index contributed by atoms with van der Waals surface area (Å²) in [5, 5.41) is 12.1. The quantitative estimate of drug-likeness (QED) is 0.558. The average molecular weight is 492 g/mol. The molecular weight excluding hydrogens is 454 g/mol. The summed E-state index contributed by atoms with van der Waals surface area (Å²) in [4.78, 5) is 5.10. The largest absolute Gasteiger partial charge is 0.497 e. The second-order valence-electron chi connectivity index (χ2n) is 10.6. The zero-order valence-corrected chi connectivity index (χ0v) is 21.6. The standard InChI is InChI=1S/C29H37N3O4/c1-4-11-31-12-9-29(10-13-31)18-32(16-20-5-8-25-26(14-20)36-19-35-25)24(17-33)28-27(29)22-7-6-21(34-3)15-23(22)30(28)2/h5-8,14-15,24,33H,4,9-13,16-19H2,1-3H3/t24-/m1/s1. The highest BCUT2D eigenvalue weighted by Crippen LogP contribution is 2.50. The van der Waals surface area contributed by atoms with Gasteiger partial charge in [0.05, 0.1) is 25.3 Å². The Balaban J connectivity index is 1.45. The van der Waals surface area contributed by atoms with Crippen molar-refractivity contribution in [3.05, 3.63) is 53.2 Å². The minimum atomic E-state index is -0.0758. The minimum Gasteiger partial charge on any atom is -0.497 e. The lowest BCUT2D eigenvalue weighted by molar-refractivity contribution is 0.0416. The molecule has 1 aromatic heterocycles. The first-order chi connectivity index (χ1) is 17.6. The molecule has 4 heterocycles. The number of hydrogen-bond acceptors (Lipinski definition) is 6. The highest BCUT2D eigenvalue weighted by atomic mass is 16.7. The SMILES string of the molecule is CCCN1CCC2(CC1)CN(Cc1ccc3c(c1)OCO3)[C@H](CO)c1c2c2ccc(OC)cc2n1C. The van der Waals surface area contributed by atoms with Crippen LogP contribution in [0.4, 0.5) is 0 Å². The van der Waals surface area contributed by atoms with Crippen LogP contribution in [-0.4, -0.2) is 66.2 Å². The number of piperidine rings is 1. The van der Waals surface area contributed by atoms with Crippen molar-refractivity contribution in [3.63, 3.8) is 0 Å². The van der Waals surface area contributed by atoms with Crippen molar-refractivity contribution in [2.24, 2.45) is 7.05 Å². The lowest BCUT2D eigenvalue weighted by Crippen LogP contribution is -2.53. The van der Waals surface area contributed by atoms with E-state index in [1.165, 1.54) is 34.1 Å². The molecule has 0 bridgehead atoms. The first kappa shape index (κ1) is 23.6. The van der Waals surface area contributed by atoms with Gasteiger partial charge >= 0.3 is 0 Å². The molecule has 0 aliphatic carbocycles. The summed E-state index contributed by atoms with van der Waals surface area (Å²) in [5.74, 6) is 2.48. The van der Waals surface area contributed by atoms with Crippen molar-refractivity contribution in [1.82, 2.24) is 14.4 Å². The number of fused-ring (bicyclic) bond motifs is 5. The van der Waals surface area contributed by atoms with Crippen LogP contribution in [0.2, 0.25) is 0 Å². The number of likely N-dealkylation sites (tertiary alicyclic amines) is 1. The van der Waals surface area contributed by atoms with Crippen LogP contribution >= 0.6 is 0 Å². The van der Waals surface area contributed by atoms with Gasteiger partial charge in [-0.2, -0.15) is 0 Å². The number of rotatable bonds is 6. The molecule has 6 rings (SSSR count). The molecule has 0 saturated carbocycles. The van der Waals surface area contributed by atoms with Crippen LogP contribution in [0.25, 0.3) is 10.9 Å². The maximum Gasteiger partial charge on any atom is 0.231 e.